The number of carboxylic acids is 1. The molecule has 1 aliphatic heterocycles. The summed E-state index contributed by atoms with van der Waals surface area (Å²) in [5.41, 5.74) is 0.795. The molecule has 1 saturated carbocycles. The van der Waals surface area contributed by atoms with Crippen molar-refractivity contribution in [1.29, 1.82) is 0 Å². The van der Waals surface area contributed by atoms with Crippen molar-refractivity contribution in [2.24, 2.45) is 17.8 Å². The molecule has 6 heteroatoms. The first kappa shape index (κ1) is 18.2. The van der Waals surface area contributed by atoms with Crippen LogP contribution in [0.1, 0.15) is 53.6 Å². The van der Waals surface area contributed by atoms with Crippen LogP contribution < -0.4 is 5.46 Å². The van der Waals surface area contributed by atoms with Crippen LogP contribution in [-0.4, -0.2) is 37.3 Å². The standard InChI is InChI=1S/C19H23BO4S/c1-12-2-5-14(6-3-12)18(21)20-16-10-15(25-17(16)19(22)23)7-4-13-8-9-24-11-13/h10,12-14,20H,2-3,5-6,8-9,11H2,1H3,(H,22,23). The molecule has 1 aromatic heterocycles. The van der Waals surface area contributed by atoms with Crippen molar-refractivity contribution in [3.63, 3.8) is 0 Å². The maximum atomic E-state index is 12.6. The van der Waals surface area contributed by atoms with Gasteiger partial charge in [0.15, 0.2) is 0 Å². The second-order valence-corrected chi connectivity index (χ2v) is 8.25. The molecule has 2 aliphatic rings. The van der Waals surface area contributed by atoms with E-state index in [0.717, 1.165) is 43.6 Å². The smallest absolute Gasteiger partial charge is 0.345 e. The predicted molar refractivity (Wildman–Crippen MR) is 100.0 cm³/mol. The molecule has 3 rings (SSSR count). The SMILES string of the molecule is CC1CCC(C(=O)Bc2cc(C#CC3CCOC3)sc2C(=O)O)CC1. The lowest BCUT2D eigenvalue weighted by Crippen LogP contribution is -2.33. The van der Waals surface area contributed by atoms with Gasteiger partial charge in [-0.2, -0.15) is 0 Å². The average molecular weight is 358 g/mol. The molecule has 1 atom stereocenters. The van der Waals surface area contributed by atoms with Gasteiger partial charge in [0.25, 0.3) is 0 Å². The summed E-state index contributed by atoms with van der Waals surface area (Å²) in [6, 6.07) is 1.79. The van der Waals surface area contributed by atoms with Gasteiger partial charge in [-0.05, 0) is 36.7 Å². The highest BCUT2D eigenvalue weighted by Crippen LogP contribution is 2.28. The van der Waals surface area contributed by atoms with Gasteiger partial charge in [-0.1, -0.05) is 31.6 Å². The highest BCUT2D eigenvalue weighted by Gasteiger charge is 2.27. The molecular weight excluding hydrogens is 335 g/mol. The van der Waals surface area contributed by atoms with Crippen molar-refractivity contribution in [2.75, 3.05) is 13.2 Å². The molecule has 2 heterocycles. The van der Waals surface area contributed by atoms with Crippen LogP contribution in [0.4, 0.5) is 0 Å². The molecule has 25 heavy (non-hydrogen) atoms. The minimum atomic E-state index is -0.970. The van der Waals surface area contributed by atoms with E-state index in [4.69, 9.17) is 4.74 Å². The Morgan fingerprint density at radius 3 is 2.68 bits per heavy atom. The second-order valence-electron chi connectivity index (χ2n) is 7.20. The van der Waals surface area contributed by atoms with Gasteiger partial charge in [-0.25, -0.2) is 4.79 Å². The van der Waals surface area contributed by atoms with Gasteiger partial charge < -0.3 is 14.6 Å². The Labute approximate surface area is 153 Å². The third-order valence-corrected chi connectivity index (χ3v) is 6.25. The third kappa shape index (κ3) is 4.74. The van der Waals surface area contributed by atoms with Crippen LogP contribution in [-0.2, 0) is 9.53 Å². The average Bonchev–Trinajstić information content (AvgIpc) is 3.23. The van der Waals surface area contributed by atoms with Crippen LogP contribution >= 0.6 is 11.3 Å². The lowest BCUT2D eigenvalue weighted by Gasteiger charge is -2.25. The van der Waals surface area contributed by atoms with E-state index >= 15 is 0 Å². The van der Waals surface area contributed by atoms with Crippen LogP contribution in [0.5, 0.6) is 0 Å². The van der Waals surface area contributed by atoms with Crippen LogP contribution in [0.15, 0.2) is 6.07 Å². The van der Waals surface area contributed by atoms with E-state index in [0.29, 0.717) is 18.0 Å². The van der Waals surface area contributed by atoms with Gasteiger partial charge in [0.1, 0.15) is 4.88 Å². The number of carbonyl (C=O) groups is 2. The minimum Gasteiger partial charge on any atom is -0.477 e. The molecule has 0 radical (unpaired) electrons. The summed E-state index contributed by atoms with van der Waals surface area (Å²) in [6.07, 6.45) is 4.97. The molecule has 0 amide bonds. The largest absolute Gasteiger partial charge is 0.477 e. The summed E-state index contributed by atoms with van der Waals surface area (Å²) >= 11 is 1.17. The zero-order chi connectivity index (χ0) is 17.8. The van der Waals surface area contributed by atoms with Gasteiger partial charge in [-0.15, -0.1) is 11.3 Å². The normalized spacial score (nSPS) is 25.9. The van der Waals surface area contributed by atoms with Gasteiger partial charge >= 0.3 is 5.97 Å². The lowest BCUT2D eigenvalue weighted by molar-refractivity contribution is -0.116. The Morgan fingerprint density at radius 2 is 2.04 bits per heavy atom. The Kier molecular flexibility index (Phi) is 5.98. The van der Waals surface area contributed by atoms with Crippen LogP contribution in [0.3, 0.4) is 0 Å². The van der Waals surface area contributed by atoms with Crippen LogP contribution in [0, 0.1) is 29.6 Å². The summed E-state index contributed by atoms with van der Waals surface area (Å²) in [7, 11) is 0.214. The van der Waals surface area contributed by atoms with Crippen molar-refractivity contribution in [1.82, 2.24) is 0 Å². The third-order valence-electron chi connectivity index (χ3n) is 5.17. The summed E-state index contributed by atoms with van der Waals surface area (Å²) < 4.78 is 5.30. The number of hydrogen-bond donors (Lipinski definition) is 1. The predicted octanol–water partition coefficient (Wildman–Crippen LogP) is 2.25. The van der Waals surface area contributed by atoms with Crippen molar-refractivity contribution < 1.29 is 19.4 Å². The number of hydrogen-bond acceptors (Lipinski definition) is 4. The van der Waals surface area contributed by atoms with Crippen molar-refractivity contribution in [3.05, 3.63) is 15.8 Å². The Bertz CT molecular complexity index is 701. The van der Waals surface area contributed by atoms with E-state index in [1.807, 2.05) is 0 Å². The number of carboxylic acid groups (broad SMARTS) is 1. The fraction of sp³-hybridized carbons (Fsp3) is 0.579. The van der Waals surface area contributed by atoms with Gasteiger partial charge in [0, 0.05) is 18.4 Å². The summed E-state index contributed by atoms with van der Waals surface area (Å²) in [6.45, 7) is 3.61. The van der Waals surface area contributed by atoms with E-state index in [-0.39, 0.29) is 29.7 Å². The molecule has 1 unspecified atom stereocenters. The molecule has 4 nitrogen and oxygen atoms in total. The van der Waals surface area contributed by atoms with E-state index in [9.17, 15) is 14.7 Å². The van der Waals surface area contributed by atoms with E-state index in [1.165, 1.54) is 11.3 Å². The first-order valence-electron chi connectivity index (χ1n) is 9.01. The summed E-state index contributed by atoms with van der Waals surface area (Å²) in [5.74, 6) is 6.27. The Morgan fingerprint density at radius 1 is 1.28 bits per heavy atom. The highest BCUT2D eigenvalue weighted by atomic mass is 32.1. The van der Waals surface area contributed by atoms with E-state index in [1.54, 1.807) is 6.07 Å². The molecule has 1 aliphatic carbocycles. The first-order chi connectivity index (χ1) is 12.0. The molecule has 1 saturated heterocycles. The van der Waals surface area contributed by atoms with Gasteiger partial charge in [-0.3, -0.25) is 0 Å². The molecule has 0 spiro atoms. The zero-order valence-corrected chi connectivity index (χ0v) is 15.4. The monoisotopic (exact) mass is 358 g/mol. The van der Waals surface area contributed by atoms with Gasteiger partial charge in [0.2, 0.25) is 7.28 Å². The minimum absolute atomic E-state index is 0.0860. The maximum absolute atomic E-state index is 12.6. The Hall–Kier alpha value is -1.58. The zero-order valence-electron chi connectivity index (χ0n) is 14.5. The fourth-order valence-corrected chi connectivity index (χ4v) is 4.42. The molecule has 2 fully saturated rings. The molecular formula is C19H23BO4S. The molecule has 0 bridgehead atoms. The number of thiophene rings is 1. The number of carbonyl (C=O) groups excluding carboxylic acids is 1. The fourth-order valence-electron chi connectivity index (χ4n) is 3.54. The highest BCUT2D eigenvalue weighted by molar-refractivity contribution is 7.16. The summed E-state index contributed by atoms with van der Waals surface area (Å²) in [4.78, 5) is 25.1. The van der Waals surface area contributed by atoms with E-state index in [2.05, 4.69) is 18.8 Å². The van der Waals surface area contributed by atoms with Crippen LogP contribution in [0.25, 0.3) is 0 Å². The number of rotatable bonds is 4. The number of ether oxygens (including phenoxy) is 1. The summed E-state index contributed by atoms with van der Waals surface area (Å²) in [5, 5.41) is 9.45. The molecule has 0 aromatic carbocycles. The number of aromatic carboxylic acids is 1. The van der Waals surface area contributed by atoms with Crippen molar-refractivity contribution in [3.8, 4) is 11.8 Å². The first-order valence-corrected chi connectivity index (χ1v) is 9.82. The molecule has 1 N–H and O–H groups in total. The van der Waals surface area contributed by atoms with Gasteiger partial charge in [0.05, 0.1) is 17.2 Å². The van der Waals surface area contributed by atoms with E-state index < -0.39 is 5.97 Å². The maximum Gasteiger partial charge on any atom is 0.345 e. The topological polar surface area (TPSA) is 63.6 Å². The Balaban J connectivity index is 1.71. The van der Waals surface area contributed by atoms with Crippen LogP contribution in [0.2, 0.25) is 0 Å². The van der Waals surface area contributed by atoms with Crippen molar-refractivity contribution in [2.45, 2.75) is 39.0 Å². The van der Waals surface area contributed by atoms with Crippen molar-refractivity contribution >= 4 is 35.7 Å². The second kappa shape index (κ2) is 8.20. The lowest BCUT2D eigenvalue weighted by atomic mass is 9.59. The molecule has 132 valence electrons. The molecule has 1 aromatic rings. The quantitative estimate of drug-likeness (QED) is 0.662.